The first-order valence-electron chi connectivity index (χ1n) is 13.0. The van der Waals surface area contributed by atoms with E-state index in [1.54, 1.807) is 0 Å². The molecular formula is C27H41F4NO3. The zero-order valence-corrected chi connectivity index (χ0v) is 21.2. The van der Waals surface area contributed by atoms with E-state index in [0.717, 1.165) is 31.4 Å². The Morgan fingerprint density at radius 2 is 1.34 bits per heavy atom. The molecule has 1 rings (SSSR count). The monoisotopic (exact) mass is 503 g/mol. The summed E-state index contributed by atoms with van der Waals surface area (Å²) in [5, 5.41) is 2.20. The highest BCUT2D eigenvalue weighted by molar-refractivity contribution is 5.97. The Labute approximate surface area is 207 Å². The summed E-state index contributed by atoms with van der Waals surface area (Å²) < 4.78 is 57.7. The molecule has 35 heavy (non-hydrogen) atoms. The van der Waals surface area contributed by atoms with Crippen molar-refractivity contribution in [3.63, 3.8) is 0 Å². The van der Waals surface area contributed by atoms with Crippen molar-refractivity contribution in [3.05, 3.63) is 35.1 Å². The van der Waals surface area contributed by atoms with Crippen LogP contribution in [0.4, 0.5) is 17.6 Å². The van der Waals surface area contributed by atoms with Gasteiger partial charge in [0.1, 0.15) is 11.9 Å². The van der Waals surface area contributed by atoms with Crippen LogP contribution in [-0.4, -0.2) is 24.5 Å². The van der Waals surface area contributed by atoms with Crippen molar-refractivity contribution < 1.29 is 31.9 Å². The molecule has 0 saturated heterocycles. The molecule has 0 aromatic heterocycles. The number of ether oxygens (including phenoxy) is 1. The zero-order valence-electron chi connectivity index (χ0n) is 21.2. The lowest BCUT2D eigenvalue weighted by Crippen LogP contribution is -2.40. The first kappa shape index (κ1) is 30.9. The van der Waals surface area contributed by atoms with Gasteiger partial charge in [0.2, 0.25) is 0 Å². The van der Waals surface area contributed by atoms with Crippen molar-refractivity contribution >= 4 is 11.9 Å². The van der Waals surface area contributed by atoms with Gasteiger partial charge in [0, 0.05) is 0 Å². The summed E-state index contributed by atoms with van der Waals surface area (Å²) in [6, 6.07) is 1.33. The van der Waals surface area contributed by atoms with E-state index >= 15 is 0 Å². The fraction of sp³-hybridized carbons (Fsp3) is 0.704. The average molecular weight is 504 g/mol. The highest BCUT2D eigenvalue weighted by atomic mass is 19.4. The largest absolute Gasteiger partial charge is 0.464 e. The Kier molecular flexibility index (Phi) is 15.3. The van der Waals surface area contributed by atoms with Gasteiger partial charge in [-0.05, 0) is 25.5 Å². The summed E-state index contributed by atoms with van der Waals surface area (Å²) in [5.74, 6) is -3.48. The fourth-order valence-corrected chi connectivity index (χ4v) is 3.85. The van der Waals surface area contributed by atoms with Crippen molar-refractivity contribution in [2.24, 2.45) is 0 Å². The van der Waals surface area contributed by atoms with E-state index in [2.05, 4.69) is 12.2 Å². The van der Waals surface area contributed by atoms with Crippen molar-refractivity contribution in [2.75, 3.05) is 6.61 Å². The molecular weight excluding hydrogens is 462 g/mol. The molecule has 200 valence electrons. The van der Waals surface area contributed by atoms with Gasteiger partial charge in [0.25, 0.3) is 5.91 Å². The topological polar surface area (TPSA) is 55.4 Å². The third-order valence-corrected chi connectivity index (χ3v) is 5.99. The van der Waals surface area contributed by atoms with Gasteiger partial charge in [-0.1, -0.05) is 96.5 Å². The van der Waals surface area contributed by atoms with E-state index < -0.39 is 41.0 Å². The lowest BCUT2D eigenvalue weighted by Gasteiger charge is -2.15. The molecule has 1 aromatic rings. The Hall–Kier alpha value is -2.12. The lowest BCUT2D eigenvalue weighted by molar-refractivity contribution is -0.145. The normalized spacial score (nSPS) is 12.4. The number of benzene rings is 1. The summed E-state index contributed by atoms with van der Waals surface area (Å²) >= 11 is 0. The number of alkyl halides is 3. The van der Waals surface area contributed by atoms with Gasteiger partial charge >= 0.3 is 12.1 Å². The number of carbonyl (C=O) groups excluding carboxylic acids is 2. The van der Waals surface area contributed by atoms with Crippen LogP contribution >= 0.6 is 0 Å². The maximum atomic E-state index is 14.1. The molecule has 4 nitrogen and oxygen atoms in total. The highest BCUT2D eigenvalue weighted by Gasteiger charge is 2.36. The SMILES string of the molecule is CCCCCCCCCCCCCCCCOC(=O)C(C)NC(=O)c1cccc(C(F)(F)F)c1F. The standard InChI is InChI=1S/C27H41F4NO3/c1-3-4-5-6-7-8-9-10-11-12-13-14-15-16-20-35-26(34)21(2)32-25(33)22-18-17-19-23(24(22)28)27(29,30)31/h17-19,21H,3-16,20H2,1-2H3,(H,32,33). The quantitative estimate of drug-likeness (QED) is 0.125. The number of amides is 1. The van der Waals surface area contributed by atoms with E-state index in [4.69, 9.17) is 4.74 Å². The van der Waals surface area contributed by atoms with Crippen LogP contribution in [0.1, 0.15) is 120 Å². The van der Waals surface area contributed by atoms with Crippen LogP contribution < -0.4 is 5.32 Å². The number of hydrogen-bond donors (Lipinski definition) is 1. The molecule has 0 bridgehead atoms. The van der Waals surface area contributed by atoms with Gasteiger partial charge in [-0.3, -0.25) is 4.79 Å². The van der Waals surface area contributed by atoms with Gasteiger partial charge in [-0.25, -0.2) is 9.18 Å². The second-order valence-corrected chi connectivity index (χ2v) is 9.12. The maximum Gasteiger partial charge on any atom is 0.419 e. The van der Waals surface area contributed by atoms with Crippen LogP contribution in [0, 0.1) is 5.82 Å². The van der Waals surface area contributed by atoms with E-state index in [-0.39, 0.29) is 6.61 Å². The Morgan fingerprint density at radius 1 is 0.857 bits per heavy atom. The Bertz CT molecular complexity index is 752. The van der Waals surface area contributed by atoms with Gasteiger partial charge in [-0.15, -0.1) is 0 Å². The number of rotatable bonds is 18. The lowest BCUT2D eigenvalue weighted by atomic mass is 10.0. The van der Waals surface area contributed by atoms with Crippen molar-refractivity contribution in [1.29, 1.82) is 0 Å². The van der Waals surface area contributed by atoms with Gasteiger partial charge in [0.05, 0.1) is 17.7 Å². The predicted molar refractivity (Wildman–Crippen MR) is 130 cm³/mol. The molecule has 1 atom stereocenters. The van der Waals surface area contributed by atoms with Crippen LogP contribution in [0.25, 0.3) is 0 Å². The molecule has 0 aliphatic rings. The van der Waals surface area contributed by atoms with Crippen molar-refractivity contribution in [3.8, 4) is 0 Å². The number of nitrogens with one attached hydrogen (secondary N) is 1. The molecule has 0 heterocycles. The summed E-state index contributed by atoms with van der Waals surface area (Å²) in [6.45, 7) is 3.78. The fourth-order valence-electron chi connectivity index (χ4n) is 3.85. The van der Waals surface area contributed by atoms with Gasteiger partial charge in [-0.2, -0.15) is 13.2 Å². The maximum absolute atomic E-state index is 14.1. The summed E-state index contributed by atoms with van der Waals surface area (Å²) in [4.78, 5) is 24.2. The van der Waals surface area contributed by atoms with Crippen molar-refractivity contribution in [1.82, 2.24) is 5.32 Å². The first-order valence-corrected chi connectivity index (χ1v) is 13.0. The van der Waals surface area contributed by atoms with E-state index in [0.29, 0.717) is 12.5 Å². The first-order chi connectivity index (χ1) is 16.7. The molecule has 0 radical (unpaired) electrons. The molecule has 0 aliphatic heterocycles. The second-order valence-electron chi connectivity index (χ2n) is 9.12. The van der Waals surface area contributed by atoms with E-state index in [1.807, 2.05) is 0 Å². The minimum atomic E-state index is -4.92. The molecule has 1 N–H and O–H groups in total. The highest BCUT2D eigenvalue weighted by Crippen LogP contribution is 2.32. The number of unbranched alkanes of at least 4 members (excludes halogenated alkanes) is 13. The minimum Gasteiger partial charge on any atom is -0.464 e. The molecule has 0 saturated carbocycles. The van der Waals surface area contributed by atoms with Crippen LogP contribution in [0.5, 0.6) is 0 Å². The second kappa shape index (κ2) is 17.3. The van der Waals surface area contributed by atoms with Crippen LogP contribution in [0.3, 0.4) is 0 Å². The average Bonchev–Trinajstić information content (AvgIpc) is 2.80. The third-order valence-electron chi connectivity index (χ3n) is 5.99. The number of hydrogen-bond acceptors (Lipinski definition) is 3. The number of esters is 1. The molecule has 1 amide bonds. The molecule has 1 unspecified atom stereocenters. The third kappa shape index (κ3) is 13.0. The summed E-state index contributed by atoms with van der Waals surface area (Å²) in [6.07, 6.45) is 12.0. The van der Waals surface area contributed by atoms with E-state index in [9.17, 15) is 27.2 Å². The van der Waals surface area contributed by atoms with Gasteiger partial charge < -0.3 is 10.1 Å². The van der Waals surface area contributed by atoms with Crippen molar-refractivity contribution in [2.45, 2.75) is 116 Å². The van der Waals surface area contributed by atoms with Crippen LogP contribution in [-0.2, 0) is 15.7 Å². The van der Waals surface area contributed by atoms with Gasteiger partial charge in [0.15, 0.2) is 0 Å². The number of carbonyl (C=O) groups is 2. The van der Waals surface area contributed by atoms with Crippen LogP contribution in [0.15, 0.2) is 18.2 Å². The Morgan fingerprint density at radius 3 is 1.83 bits per heavy atom. The summed E-state index contributed by atoms with van der Waals surface area (Å²) in [5.41, 5.74) is -2.30. The predicted octanol–water partition coefficient (Wildman–Crippen LogP) is 7.99. The molecule has 1 aromatic carbocycles. The van der Waals surface area contributed by atoms with Crippen LogP contribution in [0.2, 0.25) is 0 Å². The molecule has 0 spiro atoms. The number of halogens is 4. The molecule has 8 heteroatoms. The Balaban J connectivity index is 2.13. The summed E-state index contributed by atoms with van der Waals surface area (Å²) in [7, 11) is 0. The minimum absolute atomic E-state index is 0.203. The molecule has 0 aliphatic carbocycles. The molecule has 0 fully saturated rings. The smallest absolute Gasteiger partial charge is 0.419 e. The van der Waals surface area contributed by atoms with E-state index in [1.165, 1.54) is 71.1 Å². The zero-order chi connectivity index (χ0) is 26.1.